The molecule has 0 unspecified atom stereocenters. The van der Waals surface area contributed by atoms with Crippen molar-refractivity contribution in [3.8, 4) is 0 Å². The van der Waals surface area contributed by atoms with E-state index in [0.717, 1.165) is 17.0 Å². The maximum Gasteiger partial charge on any atom is 0.315 e. The van der Waals surface area contributed by atoms with Crippen molar-refractivity contribution in [2.45, 2.75) is 31.5 Å². The second-order valence-electron chi connectivity index (χ2n) is 5.94. The van der Waals surface area contributed by atoms with E-state index in [1.807, 2.05) is 30.5 Å². The Labute approximate surface area is 146 Å². The summed E-state index contributed by atoms with van der Waals surface area (Å²) in [5, 5.41) is 10.8. The van der Waals surface area contributed by atoms with Gasteiger partial charge < -0.3 is 15.4 Å². The van der Waals surface area contributed by atoms with E-state index in [0.29, 0.717) is 25.6 Å². The Morgan fingerprint density at radius 3 is 3.17 bits per heavy atom. The number of carbonyl (C=O) groups excluding carboxylic acids is 1. The van der Waals surface area contributed by atoms with Gasteiger partial charge in [0.15, 0.2) is 0 Å². The average Bonchev–Trinajstić information content (AvgIpc) is 3.18. The topological polar surface area (TPSA) is 68.2 Å². The van der Waals surface area contributed by atoms with Crippen molar-refractivity contribution in [1.82, 2.24) is 20.4 Å². The molecule has 6 nitrogen and oxygen atoms in total. The van der Waals surface area contributed by atoms with E-state index in [1.165, 1.54) is 5.56 Å². The molecule has 1 aromatic heterocycles. The molecule has 2 N–H and O–H groups in total. The van der Waals surface area contributed by atoms with Crippen LogP contribution in [-0.2, 0) is 17.8 Å². The van der Waals surface area contributed by atoms with E-state index in [1.54, 1.807) is 18.0 Å². The number of hydrogen-bond donors (Lipinski definition) is 2. The van der Waals surface area contributed by atoms with Crippen LogP contribution in [0.1, 0.15) is 23.5 Å². The van der Waals surface area contributed by atoms with Crippen LogP contribution in [0.2, 0.25) is 5.02 Å². The number of amides is 2. The van der Waals surface area contributed by atoms with Gasteiger partial charge in [-0.1, -0.05) is 23.7 Å². The van der Waals surface area contributed by atoms with Crippen molar-refractivity contribution in [3.05, 3.63) is 52.8 Å². The first-order valence-electron chi connectivity index (χ1n) is 7.96. The highest BCUT2D eigenvalue weighted by Crippen LogP contribution is 2.41. The quantitative estimate of drug-likeness (QED) is 0.808. The molecule has 1 aliphatic carbocycles. The van der Waals surface area contributed by atoms with Crippen LogP contribution in [0.5, 0.6) is 0 Å². The number of hydrogen-bond acceptors (Lipinski definition) is 3. The van der Waals surface area contributed by atoms with Gasteiger partial charge in [0.1, 0.15) is 0 Å². The zero-order valence-electron chi connectivity index (χ0n) is 13.5. The fourth-order valence-corrected chi connectivity index (χ4v) is 2.87. The smallest absolute Gasteiger partial charge is 0.315 e. The van der Waals surface area contributed by atoms with Gasteiger partial charge in [0, 0.05) is 42.4 Å². The van der Waals surface area contributed by atoms with Crippen molar-refractivity contribution in [1.29, 1.82) is 0 Å². The van der Waals surface area contributed by atoms with Crippen LogP contribution in [0.4, 0.5) is 4.79 Å². The maximum atomic E-state index is 12.0. The molecule has 1 aromatic carbocycles. The lowest BCUT2D eigenvalue weighted by molar-refractivity contribution is 0.183. The van der Waals surface area contributed by atoms with Gasteiger partial charge >= 0.3 is 6.03 Å². The number of rotatable bonds is 7. The number of halogens is 1. The summed E-state index contributed by atoms with van der Waals surface area (Å²) in [5.41, 5.74) is 2.13. The molecule has 0 bridgehead atoms. The summed E-state index contributed by atoms with van der Waals surface area (Å²) in [6.45, 7) is 1.76. The van der Waals surface area contributed by atoms with Crippen molar-refractivity contribution in [2.75, 3.05) is 13.7 Å². The summed E-state index contributed by atoms with van der Waals surface area (Å²) in [6.07, 6.45) is 4.61. The van der Waals surface area contributed by atoms with Gasteiger partial charge in [0.2, 0.25) is 0 Å². The van der Waals surface area contributed by atoms with Gasteiger partial charge in [0.25, 0.3) is 0 Å². The summed E-state index contributed by atoms with van der Waals surface area (Å²) in [6, 6.07) is 7.82. The van der Waals surface area contributed by atoms with Crippen molar-refractivity contribution in [3.63, 3.8) is 0 Å². The third-order valence-corrected chi connectivity index (χ3v) is 4.28. The third kappa shape index (κ3) is 4.49. The molecule has 0 radical (unpaired) electrons. The average molecular weight is 349 g/mol. The second-order valence-corrected chi connectivity index (χ2v) is 6.37. The highest BCUT2D eigenvalue weighted by atomic mass is 35.5. The number of urea groups is 1. The standard InChI is InChI=1S/C17H21ClN4O2/c1-24-6-5-22-11-12(10-20-22)9-19-17(23)21-16-8-15(16)13-3-2-4-14(18)7-13/h2-4,7,10-11,15-16H,5-6,8-9H2,1H3,(H2,19,21,23)/t15-,16+/m0/s1. The zero-order chi connectivity index (χ0) is 16.9. The van der Waals surface area contributed by atoms with Crippen molar-refractivity contribution < 1.29 is 9.53 Å². The molecular weight excluding hydrogens is 328 g/mol. The van der Waals surface area contributed by atoms with Crippen LogP contribution in [0.15, 0.2) is 36.7 Å². The first-order valence-corrected chi connectivity index (χ1v) is 8.33. The normalized spacial score (nSPS) is 19.1. The van der Waals surface area contributed by atoms with E-state index < -0.39 is 0 Å². The van der Waals surface area contributed by atoms with Crippen LogP contribution in [0.25, 0.3) is 0 Å². The van der Waals surface area contributed by atoms with E-state index in [-0.39, 0.29) is 12.1 Å². The van der Waals surface area contributed by atoms with Gasteiger partial charge in [-0.2, -0.15) is 5.10 Å². The highest BCUT2D eigenvalue weighted by Gasteiger charge is 2.39. The number of aromatic nitrogens is 2. The third-order valence-electron chi connectivity index (χ3n) is 4.05. The summed E-state index contributed by atoms with van der Waals surface area (Å²) < 4.78 is 6.81. The highest BCUT2D eigenvalue weighted by molar-refractivity contribution is 6.30. The van der Waals surface area contributed by atoms with Crippen LogP contribution in [0, 0.1) is 0 Å². The molecular formula is C17H21ClN4O2. The van der Waals surface area contributed by atoms with Gasteiger partial charge in [-0.15, -0.1) is 0 Å². The van der Waals surface area contributed by atoms with Crippen LogP contribution in [-0.4, -0.2) is 35.6 Å². The molecule has 1 heterocycles. The summed E-state index contributed by atoms with van der Waals surface area (Å²) in [4.78, 5) is 12.0. The maximum absolute atomic E-state index is 12.0. The molecule has 1 saturated carbocycles. The van der Waals surface area contributed by atoms with Crippen molar-refractivity contribution in [2.24, 2.45) is 0 Å². The lowest BCUT2D eigenvalue weighted by Crippen LogP contribution is -2.36. The predicted octanol–water partition coefficient (Wildman–Crippen LogP) is 2.54. The molecule has 2 amide bonds. The lowest BCUT2D eigenvalue weighted by atomic mass is 10.1. The molecule has 128 valence electrons. The lowest BCUT2D eigenvalue weighted by Gasteiger charge is -2.06. The summed E-state index contributed by atoms with van der Waals surface area (Å²) in [7, 11) is 1.66. The first kappa shape index (κ1) is 16.8. The molecule has 7 heteroatoms. The minimum atomic E-state index is -0.158. The second kappa shape index (κ2) is 7.68. The van der Waals surface area contributed by atoms with Gasteiger partial charge in [-0.05, 0) is 24.1 Å². The van der Waals surface area contributed by atoms with Gasteiger partial charge in [0.05, 0.1) is 19.3 Å². The zero-order valence-corrected chi connectivity index (χ0v) is 14.3. The van der Waals surface area contributed by atoms with E-state index in [9.17, 15) is 4.79 Å². The van der Waals surface area contributed by atoms with Crippen LogP contribution in [0.3, 0.4) is 0 Å². The number of benzene rings is 1. The summed E-state index contributed by atoms with van der Waals surface area (Å²) >= 11 is 6.01. The first-order chi connectivity index (χ1) is 11.7. The fraction of sp³-hybridized carbons (Fsp3) is 0.412. The minimum absolute atomic E-state index is 0.158. The molecule has 0 spiro atoms. The SMILES string of the molecule is COCCn1cc(CNC(=O)N[C@@H]2C[C@H]2c2cccc(Cl)c2)cn1. The van der Waals surface area contributed by atoms with E-state index >= 15 is 0 Å². The van der Waals surface area contributed by atoms with E-state index in [4.69, 9.17) is 16.3 Å². The molecule has 1 aliphatic rings. The van der Waals surface area contributed by atoms with Crippen LogP contribution < -0.4 is 10.6 Å². The molecule has 2 atom stereocenters. The van der Waals surface area contributed by atoms with Crippen LogP contribution >= 0.6 is 11.6 Å². The molecule has 2 aromatic rings. The number of methoxy groups -OCH3 is 1. The Bertz CT molecular complexity index is 703. The number of nitrogens with one attached hydrogen (secondary N) is 2. The Kier molecular flexibility index (Phi) is 5.37. The largest absolute Gasteiger partial charge is 0.383 e. The Morgan fingerprint density at radius 2 is 2.38 bits per heavy atom. The number of nitrogens with zero attached hydrogens (tertiary/aromatic N) is 2. The molecule has 24 heavy (non-hydrogen) atoms. The monoisotopic (exact) mass is 348 g/mol. The molecule has 1 fully saturated rings. The Morgan fingerprint density at radius 1 is 1.50 bits per heavy atom. The molecule has 0 saturated heterocycles. The Hall–Kier alpha value is -2.05. The molecule has 0 aliphatic heterocycles. The van der Waals surface area contributed by atoms with Gasteiger partial charge in [-0.3, -0.25) is 4.68 Å². The fourth-order valence-electron chi connectivity index (χ4n) is 2.67. The Balaban J connectivity index is 1.41. The van der Waals surface area contributed by atoms with E-state index in [2.05, 4.69) is 15.7 Å². The van der Waals surface area contributed by atoms with Gasteiger partial charge in [-0.25, -0.2) is 4.79 Å². The minimum Gasteiger partial charge on any atom is -0.383 e. The summed E-state index contributed by atoms with van der Waals surface area (Å²) in [5.74, 6) is 0.353. The number of carbonyl (C=O) groups is 1. The predicted molar refractivity (Wildman–Crippen MR) is 92.1 cm³/mol. The number of ether oxygens (including phenoxy) is 1. The van der Waals surface area contributed by atoms with Crippen molar-refractivity contribution >= 4 is 17.6 Å². The molecule has 3 rings (SSSR count).